The van der Waals surface area contributed by atoms with Crippen molar-refractivity contribution in [2.45, 2.75) is 58.4 Å². The summed E-state index contributed by atoms with van der Waals surface area (Å²) in [5.41, 5.74) is 0. The Morgan fingerprint density at radius 1 is 1.43 bits per heavy atom. The number of halogens is 1. The summed E-state index contributed by atoms with van der Waals surface area (Å²) in [6, 6.07) is 0. The fraction of sp³-hybridized carbons (Fsp3) is 0.900. The lowest BCUT2D eigenvalue weighted by Crippen LogP contribution is -2.23. The second-order valence-electron chi connectivity index (χ2n) is 3.45. The first-order valence-electron chi connectivity index (χ1n) is 5.10. The summed E-state index contributed by atoms with van der Waals surface area (Å²) >= 11 is 0. The molecular formula is C10H19FO3. The predicted molar refractivity (Wildman–Crippen MR) is 51.8 cm³/mol. The summed E-state index contributed by atoms with van der Waals surface area (Å²) in [6.07, 6.45) is 2.57. The van der Waals surface area contributed by atoms with Crippen LogP contribution >= 0.6 is 0 Å². The Morgan fingerprint density at radius 2 is 2.07 bits per heavy atom. The maximum atomic E-state index is 12.5. The minimum Gasteiger partial charge on any atom is -0.477 e. The fourth-order valence-electron chi connectivity index (χ4n) is 1.19. The minimum atomic E-state index is -2.18. The highest BCUT2D eigenvalue weighted by molar-refractivity contribution is 5.70. The van der Waals surface area contributed by atoms with Gasteiger partial charge in [0.25, 0.3) is 6.36 Å². The standard InChI is InChI=1S/C10H19FO3/c1-3-4-5-6-7-8(2)14-9(11)10(12)13/h8-9H,3-7H2,1-2H3,(H,12,13). The van der Waals surface area contributed by atoms with Gasteiger partial charge in [-0.25, -0.2) is 9.18 Å². The van der Waals surface area contributed by atoms with Gasteiger partial charge in [-0.05, 0) is 13.3 Å². The molecule has 1 N–H and O–H groups in total. The molecule has 2 atom stereocenters. The lowest BCUT2D eigenvalue weighted by atomic mass is 10.1. The van der Waals surface area contributed by atoms with Gasteiger partial charge in [-0.15, -0.1) is 0 Å². The largest absolute Gasteiger partial charge is 0.477 e. The number of rotatable bonds is 8. The molecule has 0 spiro atoms. The summed E-state index contributed by atoms with van der Waals surface area (Å²) in [5.74, 6) is -1.55. The topological polar surface area (TPSA) is 46.5 Å². The van der Waals surface area contributed by atoms with E-state index >= 15 is 0 Å². The number of carbonyl (C=O) groups is 1. The smallest absolute Gasteiger partial charge is 0.366 e. The highest BCUT2D eigenvalue weighted by atomic mass is 19.1. The first-order valence-corrected chi connectivity index (χ1v) is 5.10. The van der Waals surface area contributed by atoms with E-state index in [1.54, 1.807) is 6.92 Å². The number of carboxylic acid groups (broad SMARTS) is 1. The van der Waals surface area contributed by atoms with Crippen LogP contribution in [0.1, 0.15) is 46.0 Å². The first-order chi connectivity index (χ1) is 6.57. The number of alkyl halides is 1. The van der Waals surface area contributed by atoms with Crippen LogP contribution in [0.3, 0.4) is 0 Å². The van der Waals surface area contributed by atoms with E-state index in [1.165, 1.54) is 0 Å². The number of hydrogen-bond acceptors (Lipinski definition) is 2. The Hall–Kier alpha value is -0.640. The molecule has 2 unspecified atom stereocenters. The minimum absolute atomic E-state index is 0.321. The van der Waals surface area contributed by atoms with Gasteiger partial charge in [0.05, 0.1) is 6.10 Å². The zero-order valence-corrected chi connectivity index (χ0v) is 8.83. The normalized spacial score (nSPS) is 15.1. The first kappa shape index (κ1) is 13.4. The van der Waals surface area contributed by atoms with Gasteiger partial charge in [0.15, 0.2) is 0 Å². The average Bonchev–Trinajstić information content (AvgIpc) is 2.12. The maximum Gasteiger partial charge on any atom is 0.366 e. The summed E-state index contributed by atoms with van der Waals surface area (Å²) in [4.78, 5) is 10.1. The molecule has 0 bridgehead atoms. The quantitative estimate of drug-likeness (QED) is 0.621. The molecule has 0 aliphatic carbocycles. The van der Waals surface area contributed by atoms with Crippen molar-refractivity contribution < 1.29 is 19.0 Å². The zero-order valence-electron chi connectivity index (χ0n) is 8.83. The molecule has 14 heavy (non-hydrogen) atoms. The third kappa shape index (κ3) is 6.83. The number of aliphatic carboxylic acids is 1. The maximum absolute atomic E-state index is 12.5. The van der Waals surface area contributed by atoms with Crippen molar-refractivity contribution in [3.05, 3.63) is 0 Å². The van der Waals surface area contributed by atoms with Crippen LogP contribution in [0.15, 0.2) is 0 Å². The van der Waals surface area contributed by atoms with Crippen LogP contribution < -0.4 is 0 Å². The number of hydrogen-bond donors (Lipinski definition) is 1. The lowest BCUT2D eigenvalue weighted by Gasteiger charge is -2.13. The van der Waals surface area contributed by atoms with E-state index in [-0.39, 0.29) is 6.10 Å². The van der Waals surface area contributed by atoms with Crippen molar-refractivity contribution in [2.75, 3.05) is 0 Å². The van der Waals surface area contributed by atoms with Crippen LogP contribution in [-0.4, -0.2) is 23.5 Å². The van der Waals surface area contributed by atoms with Crippen LogP contribution in [-0.2, 0) is 9.53 Å². The second kappa shape index (κ2) is 7.74. The van der Waals surface area contributed by atoms with Crippen molar-refractivity contribution >= 4 is 5.97 Å². The van der Waals surface area contributed by atoms with Crippen molar-refractivity contribution in [3.63, 3.8) is 0 Å². The molecule has 0 aliphatic rings. The Labute approximate surface area is 84.3 Å². The number of unbranched alkanes of at least 4 members (excludes halogenated alkanes) is 3. The Morgan fingerprint density at radius 3 is 2.57 bits per heavy atom. The number of carboxylic acids is 1. The van der Waals surface area contributed by atoms with Crippen LogP contribution in [0.5, 0.6) is 0 Å². The molecular weight excluding hydrogens is 187 g/mol. The number of ether oxygens (including phenoxy) is 1. The highest BCUT2D eigenvalue weighted by Gasteiger charge is 2.18. The molecule has 84 valence electrons. The molecule has 0 rings (SSSR count). The van der Waals surface area contributed by atoms with Gasteiger partial charge < -0.3 is 9.84 Å². The van der Waals surface area contributed by atoms with Gasteiger partial charge in [-0.1, -0.05) is 32.6 Å². The summed E-state index contributed by atoms with van der Waals surface area (Å²) in [5, 5.41) is 8.24. The van der Waals surface area contributed by atoms with Gasteiger partial charge in [0.1, 0.15) is 0 Å². The summed E-state index contributed by atoms with van der Waals surface area (Å²) in [7, 11) is 0. The van der Waals surface area contributed by atoms with E-state index in [0.717, 1.165) is 25.7 Å². The van der Waals surface area contributed by atoms with E-state index in [0.29, 0.717) is 6.42 Å². The van der Waals surface area contributed by atoms with E-state index < -0.39 is 12.3 Å². The van der Waals surface area contributed by atoms with Gasteiger partial charge >= 0.3 is 5.97 Å². The molecule has 0 aliphatic heterocycles. The van der Waals surface area contributed by atoms with Crippen LogP contribution in [0.4, 0.5) is 4.39 Å². The molecule has 0 aromatic rings. The third-order valence-corrected chi connectivity index (χ3v) is 2.01. The summed E-state index contributed by atoms with van der Waals surface area (Å²) < 4.78 is 17.2. The molecule has 0 heterocycles. The molecule has 0 saturated heterocycles. The average molecular weight is 206 g/mol. The molecule has 0 radical (unpaired) electrons. The highest BCUT2D eigenvalue weighted by Crippen LogP contribution is 2.10. The van der Waals surface area contributed by atoms with Crippen molar-refractivity contribution in [1.29, 1.82) is 0 Å². The molecule has 0 saturated carbocycles. The van der Waals surface area contributed by atoms with Gasteiger partial charge in [-0.2, -0.15) is 0 Å². The molecule has 3 nitrogen and oxygen atoms in total. The Kier molecular flexibility index (Phi) is 7.38. The predicted octanol–water partition coefficient (Wildman–Crippen LogP) is 2.74. The molecule has 0 amide bonds. The van der Waals surface area contributed by atoms with Crippen molar-refractivity contribution in [3.8, 4) is 0 Å². The molecule has 4 heteroatoms. The van der Waals surface area contributed by atoms with Crippen LogP contribution in [0, 0.1) is 0 Å². The zero-order chi connectivity index (χ0) is 11.0. The van der Waals surface area contributed by atoms with E-state index in [1.807, 2.05) is 0 Å². The van der Waals surface area contributed by atoms with Gasteiger partial charge in [0.2, 0.25) is 0 Å². The van der Waals surface area contributed by atoms with Crippen LogP contribution in [0.25, 0.3) is 0 Å². The van der Waals surface area contributed by atoms with E-state index in [9.17, 15) is 9.18 Å². The summed E-state index contributed by atoms with van der Waals surface area (Å²) in [6.45, 7) is 3.81. The van der Waals surface area contributed by atoms with Crippen LogP contribution in [0.2, 0.25) is 0 Å². The van der Waals surface area contributed by atoms with E-state index in [4.69, 9.17) is 5.11 Å². The third-order valence-electron chi connectivity index (χ3n) is 2.01. The lowest BCUT2D eigenvalue weighted by molar-refractivity contribution is -0.169. The van der Waals surface area contributed by atoms with E-state index in [2.05, 4.69) is 11.7 Å². The Balaban J connectivity index is 3.45. The second-order valence-corrected chi connectivity index (χ2v) is 3.45. The van der Waals surface area contributed by atoms with Gasteiger partial charge in [-0.3, -0.25) is 0 Å². The van der Waals surface area contributed by atoms with Gasteiger partial charge in [0, 0.05) is 0 Å². The molecule has 0 aromatic carbocycles. The SMILES string of the molecule is CCCCCCC(C)OC(F)C(=O)O. The molecule has 0 fully saturated rings. The Bertz CT molecular complexity index is 161. The van der Waals surface area contributed by atoms with Crippen molar-refractivity contribution in [1.82, 2.24) is 0 Å². The van der Waals surface area contributed by atoms with Crippen molar-refractivity contribution in [2.24, 2.45) is 0 Å². The monoisotopic (exact) mass is 206 g/mol. The fourth-order valence-corrected chi connectivity index (χ4v) is 1.19. The molecule has 0 aromatic heterocycles.